The maximum absolute atomic E-state index is 13.9. The number of phenolic OH excluding ortho intramolecular Hbond substituents is 2. The van der Waals surface area contributed by atoms with E-state index in [-0.39, 0.29) is 56.6 Å². The summed E-state index contributed by atoms with van der Waals surface area (Å²) in [5.41, 5.74) is -1.79. The zero-order valence-electron chi connectivity index (χ0n) is 19.0. The monoisotopic (exact) mass is 484 g/mol. The minimum Gasteiger partial charge on any atom is -0.507 e. The van der Waals surface area contributed by atoms with Crippen LogP contribution in [0, 0.1) is 13.8 Å². The van der Waals surface area contributed by atoms with Crippen LogP contribution in [0.3, 0.4) is 0 Å². The lowest BCUT2D eigenvalue weighted by Crippen LogP contribution is -2.36. The molecule has 10 heteroatoms. The molecule has 0 saturated heterocycles. The Labute approximate surface area is 197 Å². The number of aromatic nitrogens is 2. The molecule has 1 atom stereocenters. The molecule has 0 amide bonds. The number of alkyl halides is 3. The average molecular weight is 484 g/mol. The molecule has 35 heavy (non-hydrogen) atoms. The van der Waals surface area contributed by atoms with Crippen molar-refractivity contribution in [3.05, 3.63) is 69.2 Å². The molecule has 2 N–H and O–H groups in total. The Morgan fingerprint density at radius 1 is 1.17 bits per heavy atom. The van der Waals surface area contributed by atoms with Gasteiger partial charge in [0.15, 0.2) is 11.6 Å². The summed E-state index contributed by atoms with van der Waals surface area (Å²) in [6.07, 6.45) is -3.10. The van der Waals surface area contributed by atoms with Gasteiger partial charge in [-0.3, -0.25) is 9.59 Å². The highest BCUT2D eigenvalue weighted by Gasteiger charge is 2.55. The van der Waals surface area contributed by atoms with Crippen molar-refractivity contribution >= 4 is 17.6 Å². The molecule has 180 valence electrons. The number of ether oxygens (including phenoxy) is 1. The number of nitrogens with zero attached hydrogens (tertiary/aromatic N) is 2. The van der Waals surface area contributed by atoms with E-state index in [0.717, 1.165) is 12.1 Å². The number of hydrogen-bond donors (Lipinski definition) is 2. The lowest BCUT2D eigenvalue weighted by Gasteiger charge is -2.27. The van der Waals surface area contributed by atoms with Gasteiger partial charge in [0.1, 0.15) is 34.0 Å². The predicted molar refractivity (Wildman–Crippen MR) is 118 cm³/mol. The SMILES string of the molecule is CC(=O)c1c(O)c(C)c(O)c2c1OC1=Cc3c(c(C)nn3-c3cccc(C(F)(F)F)c3)C(=O)[C@@]12C. The summed E-state index contributed by atoms with van der Waals surface area (Å²) < 4.78 is 47.0. The summed E-state index contributed by atoms with van der Waals surface area (Å²) in [5, 5.41) is 25.7. The summed E-state index contributed by atoms with van der Waals surface area (Å²) in [7, 11) is 0. The Bertz CT molecular complexity index is 1520. The quantitative estimate of drug-likeness (QED) is 0.496. The molecular weight excluding hydrogens is 465 g/mol. The number of benzene rings is 2. The number of allylic oxidation sites excluding steroid dienone is 1. The number of halogens is 3. The van der Waals surface area contributed by atoms with Crippen molar-refractivity contribution in [1.29, 1.82) is 0 Å². The molecule has 1 aliphatic carbocycles. The van der Waals surface area contributed by atoms with Gasteiger partial charge >= 0.3 is 6.18 Å². The number of phenols is 2. The molecule has 2 aromatic carbocycles. The third kappa shape index (κ3) is 2.88. The summed E-state index contributed by atoms with van der Waals surface area (Å²) in [4.78, 5) is 26.2. The molecule has 7 nitrogen and oxygen atoms in total. The number of fused-ring (bicyclic) bond motifs is 4. The second kappa shape index (κ2) is 6.97. The number of aromatic hydroxyl groups is 2. The van der Waals surface area contributed by atoms with E-state index < -0.39 is 34.5 Å². The Kier molecular flexibility index (Phi) is 4.52. The zero-order valence-corrected chi connectivity index (χ0v) is 19.0. The molecule has 3 aromatic rings. The van der Waals surface area contributed by atoms with Crippen molar-refractivity contribution in [1.82, 2.24) is 9.78 Å². The average Bonchev–Trinajstić information content (AvgIpc) is 3.26. The van der Waals surface area contributed by atoms with Crippen LogP contribution in [0.1, 0.15) is 62.6 Å². The Hall–Kier alpha value is -4.08. The molecule has 0 spiro atoms. The van der Waals surface area contributed by atoms with E-state index >= 15 is 0 Å². The molecule has 0 unspecified atom stereocenters. The predicted octanol–water partition coefficient (Wildman–Crippen LogP) is 5.01. The summed E-state index contributed by atoms with van der Waals surface area (Å²) in [5.74, 6) is -1.93. The van der Waals surface area contributed by atoms with Crippen LogP contribution in [-0.2, 0) is 11.6 Å². The number of hydrogen-bond acceptors (Lipinski definition) is 6. The van der Waals surface area contributed by atoms with Gasteiger partial charge in [0, 0.05) is 11.6 Å². The Balaban J connectivity index is 1.77. The first-order valence-electron chi connectivity index (χ1n) is 10.6. The topological polar surface area (TPSA) is 102 Å². The maximum atomic E-state index is 13.9. The molecular formula is C25H19F3N2O5. The normalized spacial score (nSPS) is 18.5. The third-order valence-electron chi connectivity index (χ3n) is 6.66. The third-order valence-corrected chi connectivity index (χ3v) is 6.66. The van der Waals surface area contributed by atoms with E-state index in [1.165, 1.54) is 43.7 Å². The molecule has 1 aromatic heterocycles. The van der Waals surface area contributed by atoms with Gasteiger partial charge < -0.3 is 14.9 Å². The molecule has 0 saturated carbocycles. The van der Waals surface area contributed by atoms with Gasteiger partial charge in [-0.15, -0.1) is 0 Å². The maximum Gasteiger partial charge on any atom is 0.416 e. The highest BCUT2D eigenvalue weighted by molar-refractivity contribution is 6.14. The molecule has 0 radical (unpaired) electrons. The van der Waals surface area contributed by atoms with Crippen LogP contribution >= 0.6 is 0 Å². The van der Waals surface area contributed by atoms with Crippen LogP contribution < -0.4 is 4.74 Å². The van der Waals surface area contributed by atoms with Gasteiger partial charge in [0.05, 0.1) is 33.8 Å². The fourth-order valence-electron chi connectivity index (χ4n) is 4.80. The zero-order chi connectivity index (χ0) is 25.6. The first-order valence-corrected chi connectivity index (χ1v) is 10.6. The highest BCUT2D eigenvalue weighted by Crippen LogP contribution is 2.58. The Morgan fingerprint density at radius 2 is 1.86 bits per heavy atom. The fraction of sp³-hybridized carbons (Fsp3) is 0.240. The van der Waals surface area contributed by atoms with Crippen molar-refractivity contribution in [3.8, 4) is 22.9 Å². The molecule has 5 rings (SSSR count). The molecule has 2 aliphatic rings. The summed E-state index contributed by atoms with van der Waals surface area (Å²) >= 11 is 0. The van der Waals surface area contributed by atoms with Gasteiger partial charge in [-0.2, -0.15) is 18.3 Å². The molecule has 1 aliphatic heterocycles. The fourth-order valence-corrected chi connectivity index (χ4v) is 4.80. The number of aryl methyl sites for hydroxylation is 1. The van der Waals surface area contributed by atoms with Crippen molar-refractivity contribution in [2.24, 2.45) is 0 Å². The van der Waals surface area contributed by atoms with Crippen LogP contribution in [0.2, 0.25) is 0 Å². The van der Waals surface area contributed by atoms with Gasteiger partial charge in [-0.1, -0.05) is 6.07 Å². The van der Waals surface area contributed by atoms with Gasteiger partial charge in [0.2, 0.25) is 0 Å². The summed E-state index contributed by atoms with van der Waals surface area (Å²) in [6.45, 7) is 5.72. The van der Waals surface area contributed by atoms with E-state index in [2.05, 4.69) is 5.10 Å². The van der Waals surface area contributed by atoms with Crippen LogP contribution in [-0.4, -0.2) is 31.6 Å². The first-order chi connectivity index (χ1) is 16.3. The van der Waals surface area contributed by atoms with E-state index in [1.807, 2.05) is 0 Å². The second-order valence-electron chi connectivity index (χ2n) is 8.83. The number of ketones is 2. The highest BCUT2D eigenvalue weighted by atomic mass is 19.4. The second-order valence-corrected chi connectivity index (χ2v) is 8.83. The van der Waals surface area contributed by atoms with Crippen molar-refractivity contribution in [2.75, 3.05) is 0 Å². The minimum absolute atomic E-state index is 0.0232. The van der Waals surface area contributed by atoms with Crippen LogP contribution in [0.15, 0.2) is 30.0 Å². The van der Waals surface area contributed by atoms with E-state index in [0.29, 0.717) is 0 Å². The van der Waals surface area contributed by atoms with Crippen molar-refractivity contribution in [3.63, 3.8) is 0 Å². The lowest BCUT2D eigenvalue weighted by molar-refractivity contribution is -0.137. The number of carbonyl (C=O) groups excluding carboxylic acids is 2. The van der Waals surface area contributed by atoms with Gasteiger partial charge in [0.25, 0.3) is 0 Å². The number of Topliss-reactive ketones (excluding diaryl/α,β-unsaturated/α-hetero) is 2. The molecule has 2 heterocycles. The minimum atomic E-state index is -4.57. The standard InChI is InChI=1S/C25H19F3N2O5/c1-10-20(32)18(12(3)31)22-19(21(10)33)24(4)16(35-22)9-15-17(23(24)34)11(2)29-30(15)14-7-5-6-13(8-14)25(26,27)28/h5-9,32-33H,1-4H3/t24-/m0/s1. The lowest BCUT2D eigenvalue weighted by atomic mass is 9.71. The van der Waals surface area contributed by atoms with Crippen molar-refractivity contribution in [2.45, 2.75) is 39.3 Å². The molecule has 0 bridgehead atoms. The number of rotatable bonds is 2. The van der Waals surface area contributed by atoms with Crippen LogP contribution in [0.4, 0.5) is 13.2 Å². The van der Waals surface area contributed by atoms with Crippen LogP contribution in [0.25, 0.3) is 11.8 Å². The van der Waals surface area contributed by atoms with Gasteiger partial charge in [-0.05, 0) is 45.9 Å². The smallest absolute Gasteiger partial charge is 0.416 e. The van der Waals surface area contributed by atoms with E-state index in [9.17, 15) is 33.0 Å². The van der Waals surface area contributed by atoms with Gasteiger partial charge in [-0.25, -0.2) is 4.68 Å². The van der Waals surface area contributed by atoms with E-state index in [4.69, 9.17) is 4.74 Å². The number of carbonyl (C=O) groups is 2. The van der Waals surface area contributed by atoms with Crippen LogP contribution in [0.5, 0.6) is 17.2 Å². The van der Waals surface area contributed by atoms with Crippen molar-refractivity contribution < 1.29 is 37.7 Å². The van der Waals surface area contributed by atoms with E-state index in [1.54, 1.807) is 6.92 Å². The largest absolute Gasteiger partial charge is 0.507 e. The Morgan fingerprint density at radius 3 is 2.49 bits per heavy atom. The molecule has 0 fully saturated rings. The summed E-state index contributed by atoms with van der Waals surface area (Å²) in [6, 6.07) is 4.54. The first kappa shape index (κ1) is 22.7.